The molecule has 0 saturated carbocycles. The number of benzene rings is 1. The smallest absolute Gasteiger partial charge is 0.328 e. The Bertz CT molecular complexity index is 936. The van der Waals surface area contributed by atoms with Crippen molar-refractivity contribution in [3.8, 4) is 0 Å². The van der Waals surface area contributed by atoms with Gasteiger partial charge in [0.25, 0.3) is 5.56 Å². The number of esters is 1. The fraction of sp³-hybridized carbons (Fsp3) is 0.444. The second kappa shape index (κ2) is 7.55. The van der Waals surface area contributed by atoms with Gasteiger partial charge in [-0.1, -0.05) is 12.1 Å². The van der Waals surface area contributed by atoms with Crippen LogP contribution in [0.25, 0.3) is 10.9 Å². The lowest BCUT2D eigenvalue weighted by Crippen LogP contribution is -2.37. The Balaban J connectivity index is 2.08. The van der Waals surface area contributed by atoms with Crippen molar-refractivity contribution in [2.24, 2.45) is 0 Å². The van der Waals surface area contributed by atoms with E-state index in [2.05, 4.69) is 4.98 Å². The molecule has 26 heavy (non-hydrogen) atoms. The molecule has 0 bridgehead atoms. The first-order chi connectivity index (χ1) is 12.1. The number of para-hydroxylation sites is 1. The minimum absolute atomic E-state index is 0.00917. The summed E-state index contributed by atoms with van der Waals surface area (Å²) in [6.45, 7) is 5.17. The molecule has 0 atom stereocenters. The van der Waals surface area contributed by atoms with E-state index in [0.29, 0.717) is 10.9 Å². The SMILES string of the molecule is CN(CC(=O)OC(C)(C)C)C(=O)CCn1c(=O)[nH]c(=O)c2ccccc21. The van der Waals surface area contributed by atoms with Gasteiger partial charge in [-0.05, 0) is 32.9 Å². The Morgan fingerprint density at radius 3 is 2.50 bits per heavy atom. The average Bonchev–Trinajstić information content (AvgIpc) is 2.52. The molecule has 0 spiro atoms. The van der Waals surface area contributed by atoms with Gasteiger partial charge in [0.05, 0.1) is 10.9 Å². The first-order valence-corrected chi connectivity index (χ1v) is 8.26. The number of amides is 1. The summed E-state index contributed by atoms with van der Waals surface area (Å²) in [5.74, 6) is -0.807. The van der Waals surface area contributed by atoms with Gasteiger partial charge in [0.1, 0.15) is 12.1 Å². The quantitative estimate of drug-likeness (QED) is 0.797. The Labute approximate surface area is 150 Å². The van der Waals surface area contributed by atoms with Crippen LogP contribution in [-0.2, 0) is 20.9 Å². The van der Waals surface area contributed by atoms with Crippen molar-refractivity contribution < 1.29 is 14.3 Å². The van der Waals surface area contributed by atoms with E-state index in [1.165, 1.54) is 16.5 Å². The first-order valence-electron chi connectivity index (χ1n) is 8.26. The van der Waals surface area contributed by atoms with Crippen LogP contribution in [0.3, 0.4) is 0 Å². The third-order valence-electron chi connectivity index (χ3n) is 3.67. The minimum Gasteiger partial charge on any atom is -0.459 e. The minimum atomic E-state index is -0.622. The van der Waals surface area contributed by atoms with E-state index in [0.717, 1.165) is 0 Å². The molecule has 1 aromatic heterocycles. The number of nitrogens with zero attached hydrogens (tertiary/aromatic N) is 2. The molecule has 0 radical (unpaired) electrons. The van der Waals surface area contributed by atoms with E-state index < -0.39 is 22.8 Å². The number of hydrogen-bond acceptors (Lipinski definition) is 5. The van der Waals surface area contributed by atoms with Crippen molar-refractivity contribution in [3.05, 3.63) is 45.1 Å². The molecule has 1 heterocycles. The Morgan fingerprint density at radius 1 is 1.19 bits per heavy atom. The van der Waals surface area contributed by atoms with Crippen molar-refractivity contribution >= 4 is 22.8 Å². The second-order valence-corrected chi connectivity index (χ2v) is 7.01. The monoisotopic (exact) mass is 361 g/mol. The van der Waals surface area contributed by atoms with Crippen LogP contribution in [0.5, 0.6) is 0 Å². The molecular weight excluding hydrogens is 338 g/mol. The number of carbonyl (C=O) groups is 2. The number of hydrogen-bond donors (Lipinski definition) is 1. The topological polar surface area (TPSA) is 101 Å². The number of rotatable bonds is 5. The van der Waals surface area contributed by atoms with E-state index in [4.69, 9.17) is 4.74 Å². The highest BCUT2D eigenvalue weighted by Gasteiger charge is 2.20. The molecule has 1 N–H and O–H groups in total. The van der Waals surface area contributed by atoms with Crippen molar-refractivity contribution in [1.82, 2.24) is 14.5 Å². The van der Waals surface area contributed by atoms with E-state index in [9.17, 15) is 19.2 Å². The number of nitrogens with one attached hydrogen (secondary N) is 1. The number of aromatic nitrogens is 2. The van der Waals surface area contributed by atoms with Gasteiger partial charge in [-0.15, -0.1) is 0 Å². The van der Waals surface area contributed by atoms with Crippen molar-refractivity contribution in [1.29, 1.82) is 0 Å². The second-order valence-electron chi connectivity index (χ2n) is 7.01. The normalized spacial score (nSPS) is 11.4. The van der Waals surface area contributed by atoms with E-state index in [1.807, 2.05) is 0 Å². The van der Waals surface area contributed by atoms with Crippen molar-refractivity contribution in [2.75, 3.05) is 13.6 Å². The number of likely N-dealkylation sites (N-methyl/N-ethyl adjacent to an activating group) is 1. The van der Waals surface area contributed by atoms with Gasteiger partial charge in [-0.25, -0.2) is 4.79 Å². The Kier molecular flexibility index (Phi) is 5.64. The molecule has 0 aliphatic carbocycles. The van der Waals surface area contributed by atoms with Crippen LogP contribution in [-0.4, -0.2) is 45.5 Å². The summed E-state index contributed by atoms with van der Waals surface area (Å²) in [6, 6.07) is 6.68. The molecule has 8 nitrogen and oxygen atoms in total. The van der Waals surface area contributed by atoms with Gasteiger partial charge in [-0.2, -0.15) is 0 Å². The number of aryl methyl sites for hydroxylation is 1. The summed E-state index contributed by atoms with van der Waals surface area (Å²) in [6.07, 6.45) is 0.00917. The van der Waals surface area contributed by atoms with Crippen molar-refractivity contribution in [3.63, 3.8) is 0 Å². The van der Waals surface area contributed by atoms with E-state index in [1.54, 1.807) is 45.0 Å². The molecule has 0 fully saturated rings. The van der Waals surface area contributed by atoms with Gasteiger partial charge < -0.3 is 9.64 Å². The molecule has 1 aromatic carbocycles. The van der Waals surface area contributed by atoms with Gasteiger partial charge in [0.2, 0.25) is 5.91 Å². The van der Waals surface area contributed by atoms with Crippen LogP contribution in [0, 0.1) is 0 Å². The van der Waals surface area contributed by atoms with Crippen LogP contribution in [0.4, 0.5) is 0 Å². The van der Waals surface area contributed by atoms with Gasteiger partial charge >= 0.3 is 11.7 Å². The highest BCUT2D eigenvalue weighted by Crippen LogP contribution is 2.09. The summed E-state index contributed by atoms with van der Waals surface area (Å²) >= 11 is 0. The molecule has 8 heteroatoms. The average molecular weight is 361 g/mol. The van der Waals surface area contributed by atoms with Gasteiger partial charge in [0, 0.05) is 20.0 Å². The third-order valence-corrected chi connectivity index (χ3v) is 3.67. The largest absolute Gasteiger partial charge is 0.459 e. The summed E-state index contributed by atoms with van der Waals surface area (Å²) in [4.78, 5) is 51.5. The fourth-order valence-corrected chi connectivity index (χ4v) is 2.52. The molecule has 0 aliphatic heterocycles. The zero-order valence-corrected chi connectivity index (χ0v) is 15.4. The highest BCUT2D eigenvalue weighted by molar-refractivity contribution is 5.82. The zero-order chi connectivity index (χ0) is 19.5. The maximum Gasteiger partial charge on any atom is 0.328 e. The fourth-order valence-electron chi connectivity index (χ4n) is 2.52. The summed E-state index contributed by atoms with van der Waals surface area (Å²) in [5.41, 5.74) is -1.20. The molecule has 140 valence electrons. The summed E-state index contributed by atoms with van der Waals surface area (Å²) < 4.78 is 6.53. The molecular formula is C18H23N3O5. The van der Waals surface area contributed by atoms with Crippen LogP contribution in [0.2, 0.25) is 0 Å². The number of ether oxygens (including phenoxy) is 1. The molecule has 0 unspecified atom stereocenters. The summed E-state index contributed by atoms with van der Waals surface area (Å²) in [5, 5.41) is 0.377. The number of fused-ring (bicyclic) bond motifs is 1. The lowest BCUT2D eigenvalue weighted by Gasteiger charge is -2.22. The number of H-pyrrole nitrogens is 1. The van der Waals surface area contributed by atoms with Crippen molar-refractivity contribution in [2.45, 2.75) is 39.3 Å². The van der Waals surface area contributed by atoms with Crippen LogP contribution in [0.1, 0.15) is 27.2 Å². The van der Waals surface area contributed by atoms with Gasteiger partial charge in [0.15, 0.2) is 0 Å². The third kappa shape index (κ3) is 4.81. The molecule has 2 rings (SSSR count). The predicted molar refractivity (Wildman–Crippen MR) is 96.9 cm³/mol. The summed E-state index contributed by atoms with van der Waals surface area (Å²) in [7, 11) is 1.50. The molecule has 1 amide bonds. The highest BCUT2D eigenvalue weighted by atomic mass is 16.6. The maximum atomic E-state index is 12.3. The maximum absolute atomic E-state index is 12.3. The molecule has 0 aliphatic rings. The lowest BCUT2D eigenvalue weighted by atomic mass is 10.2. The molecule has 0 saturated heterocycles. The Morgan fingerprint density at radius 2 is 1.85 bits per heavy atom. The van der Waals surface area contributed by atoms with Crippen LogP contribution in [0.15, 0.2) is 33.9 Å². The van der Waals surface area contributed by atoms with Crippen LogP contribution < -0.4 is 11.2 Å². The standard InChI is InChI=1S/C18H23N3O5/c1-18(2,3)26-15(23)11-20(4)14(22)9-10-21-13-8-6-5-7-12(13)16(24)19-17(21)25/h5-8H,9-11H2,1-4H3,(H,19,24,25). The van der Waals surface area contributed by atoms with E-state index >= 15 is 0 Å². The number of aromatic amines is 1. The van der Waals surface area contributed by atoms with Gasteiger partial charge in [-0.3, -0.25) is 23.9 Å². The zero-order valence-electron chi connectivity index (χ0n) is 15.4. The first kappa shape index (κ1) is 19.4. The molecule has 2 aromatic rings. The Hall–Kier alpha value is -2.90. The number of carbonyl (C=O) groups excluding carboxylic acids is 2. The predicted octanol–water partition coefficient (Wildman–Crippen LogP) is 0.880. The van der Waals surface area contributed by atoms with Crippen LogP contribution >= 0.6 is 0 Å². The lowest BCUT2D eigenvalue weighted by molar-refractivity contribution is -0.158. The van der Waals surface area contributed by atoms with E-state index in [-0.39, 0.29) is 25.4 Å².